The van der Waals surface area contributed by atoms with Gasteiger partial charge in [0.1, 0.15) is 6.54 Å². The molecule has 3 rings (SSSR count). The third-order valence-corrected chi connectivity index (χ3v) is 5.04. The monoisotopic (exact) mass is 440 g/mol. The molecule has 1 aromatic heterocycles. The Morgan fingerprint density at radius 1 is 1.07 bits per heavy atom. The van der Waals surface area contributed by atoms with E-state index in [2.05, 4.69) is 10.2 Å². The van der Waals surface area contributed by atoms with Gasteiger partial charge >= 0.3 is 6.18 Å². The Kier molecular flexibility index (Phi) is 6.81. The molecule has 0 fully saturated rings. The maximum absolute atomic E-state index is 12.2. The number of carbonyl (C=O) groups is 1. The molecular weight excluding hydrogens is 425 g/mol. The fourth-order valence-electron chi connectivity index (χ4n) is 2.50. The normalized spacial score (nSPS) is 11.4. The number of thioether (sulfide) groups is 1. The summed E-state index contributed by atoms with van der Waals surface area (Å²) in [5, 5.41) is 11.2. The summed E-state index contributed by atoms with van der Waals surface area (Å²) in [6.45, 7) is -0.919. The highest BCUT2D eigenvalue weighted by atomic mass is 35.5. The van der Waals surface area contributed by atoms with Gasteiger partial charge in [-0.25, -0.2) is 0 Å². The first-order valence-electron chi connectivity index (χ1n) is 8.51. The van der Waals surface area contributed by atoms with Crippen molar-refractivity contribution in [3.05, 3.63) is 65.2 Å². The summed E-state index contributed by atoms with van der Waals surface area (Å²) in [6, 6.07) is 16.7. The minimum Gasteiger partial charge on any atom is -0.346 e. The van der Waals surface area contributed by atoms with Crippen molar-refractivity contribution in [1.82, 2.24) is 20.1 Å². The average molecular weight is 441 g/mol. The number of amides is 1. The summed E-state index contributed by atoms with van der Waals surface area (Å²) >= 11 is 6.98. The maximum atomic E-state index is 12.2. The van der Waals surface area contributed by atoms with Gasteiger partial charge in [0.2, 0.25) is 5.91 Å². The van der Waals surface area contributed by atoms with E-state index in [4.69, 9.17) is 11.6 Å². The second-order valence-corrected chi connectivity index (χ2v) is 7.44. The molecule has 0 aliphatic rings. The molecule has 29 heavy (non-hydrogen) atoms. The third kappa shape index (κ3) is 6.23. The van der Waals surface area contributed by atoms with Crippen molar-refractivity contribution in [3.63, 3.8) is 0 Å². The lowest BCUT2D eigenvalue weighted by atomic mass is 10.2. The fraction of sp³-hybridized carbons (Fsp3) is 0.211. The predicted molar refractivity (Wildman–Crippen MR) is 106 cm³/mol. The molecule has 0 aliphatic carbocycles. The van der Waals surface area contributed by atoms with Gasteiger partial charge in [-0.05, 0) is 29.8 Å². The lowest BCUT2D eigenvalue weighted by molar-refractivity contribution is -0.136. The van der Waals surface area contributed by atoms with Crippen LogP contribution in [0.25, 0.3) is 11.4 Å². The largest absolute Gasteiger partial charge is 0.405 e. The van der Waals surface area contributed by atoms with Crippen LogP contribution < -0.4 is 5.32 Å². The SMILES string of the molecule is O=C(CSc1nnc(-c2ccc(Cl)cc2)n1Cc1ccccc1)NCC(F)(F)F. The van der Waals surface area contributed by atoms with Crippen molar-refractivity contribution < 1.29 is 18.0 Å². The van der Waals surface area contributed by atoms with Crippen molar-refractivity contribution in [3.8, 4) is 11.4 Å². The van der Waals surface area contributed by atoms with Crippen LogP contribution in [0.15, 0.2) is 59.8 Å². The minimum absolute atomic E-state index is 0.205. The van der Waals surface area contributed by atoms with Crippen molar-refractivity contribution in [2.45, 2.75) is 17.9 Å². The molecule has 2 aromatic carbocycles. The Morgan fingerprint density at radius 3 is 2.41 bits per heavy atom. The summed E-state index contributed by atoms with van der Waals surface area (Å²) in [5.41, 5.74) is 1.78. The van der Waals surface area contributed by atoms with Gasteiger partial charge in [0.25, 0.3) is 0 Å². The van der Waals surface area contributed by atoms with Crippen LogP contribution in [-0.4, -0.2) is 39.1 Å². The van der Waals surface area contributed by atoms with Gasteiger partial charge in [-0.2, -0.15) is 13.2 Å². The summed E-state index contributed by atoms with van der Waals surface area (Å²) in [4.78, 5) is 11.7. The smallest absolute Gasteiger partial charge is 0.346 e. The van der Waals surface area contributed by atoms with E-state index in [1.807, 2.05) is 40.2 Å². The Morgan fingerprint density at radius 2 is 1.76 bits per heavy atom. The second-order valence-electron chi connectivity index (χ2n) is 6.07. The molecule has 10 heteroatoms. The first kappa shape index (κ1) is 21.2. The number of alkyl halides is 3. The molecule has 5 nitrogen and oxygen atoms in total. The Balaban J connectivity index is 1.81. The average Bonchev–Trinajstić information content (AvgIpc) is 3.08. The van der Waals surface area contributed by atoms with Gasteiger partial charge < -0.3 is 5.32 Å². The van der Waals surface area contributed by atoms with Crippen molar-refractivity contribution >= 4 is 29.3 Å². The zero-order valence-corrected chi connectivity index (χ0v) is 16.6. The van der Waals surface area contributed by atoms with Crippen molar-refractivity contribution in [2.75, 3.05) is 12.3 Å². The highest BCUT2D eigenvalue weighted by Gasteiger charge is 2.27. The molecule has 0 aliphatic heterocycles. The molecule has 0 unspecified atom stereocenters. The first-order chi connectivity index (χ1) is 13.8. The second kappa shape index (κ2) is 9.32. The molecule has 0 atom stereocenters. The number of hydrogen-bond acceptors (Lipinski definition) is 4. The molecule has 1 heterocycles. The molecule has 0 saturated heterocycles. The first-order valence-corrected chi connectivity index (χ1v) is 9.87. The van der Waals surface area contributed by atoms with Gasteiger partial charge in [0.15, 0.2) is 11.0 Å². The van der Waals surface area contributed by atoms with Crippen LogP contribution in [0.5, 0.6) is 0 Å². The zero-order valence-electron chi connectivity index (χ0n) is 15.0. The molecule has 0 radical (unpaired) electrons. The number of halogens is 4. The lowest BCUT2D eigenvalue weighted by Crippen LogP contribution is -2.34. The molecule has 152 valence electrons. The molecule has 3 aromatic rings. The highest BCUT2D eigenvalue weighted by molar-refractivity contribution is 7.99. The highest BCUT2D eigenvalue weighted by Crippen LogP contribution is 2.26. The fourth-order valence-corrected chi connectivity index (χ4v) is 3.39. The van der Waals surface area contributed by atoms with Crippen LogP contribution >= 0.6 is 23.4 Å². The number of nitrogens with one attached hydrogen (secondary N) is 1. The number of carbonyl (C=O) groups excluding carboxylic acids is 1. The van der Waals surface area contributed by atoms with Crippen LogP contribution in [0, 0.1) is 0 Å². The van der Waals surface area contributed by atoms with E-state index in [-0.39, 0.29) is 5.75 Å². The van der Waals surface area contributed by atoms with Crippen LogP contribution in [0.2, 0.25) is 5.02 Å². The van der Waals surface area contributed by atoms with Crippen molar-refractivity contribution in [1.29, 1.82) is 0 Å². The van der Waals surface area contributed by atoms with Gasteiger partial charge in [-0.3, -0.25) is 9.36 Å². The molecule has 0 bridgehead atoms. The topological polar surface area (TPSA) is 59.8 Å². The molecule has 1 N–H and O–H groups in total. The third-order valence-electron chi connectivity index (χ3n) is 3.82. The van der Waals surface area contributed by atoms with Crippen LogP contribution in [0.4, 0.5) is 13.2 Å². The van der Waals surface area contributed by atoms with E-state index in [0.717, 1.165) is 22.9 Å². The van der Waals surface area contributed by atoms with Crippen molar-refractivity contribution in [2.24, 2.45) is 0 Å². The Hall–Kier alpha value is -2.52. The standard InChI is InChI=1S/C19H16ClF3N4OS/c20-15-8-6-14(7-9-15)17-25-26-18(27(17)10-13-4-2-1-3-5-13)29-11-16(28)24-12-19(21,22)23/h1-9H,10-12H2,(H,24,28). The summed E-state index contributed by atoms with van der Waals surface area (Å²) < 4.78 is 38.6. The van der Waals surface area contributed by atoms with Crippen LogP contribution in [0.1, 0.15) is 5.56 Å². The van der Waals surface area contributed by atoms with E-state index in [0.29, 0.717) is 22.5 Å². The molecule has 0 saturated carbocycles. The van der Waals surface area contributed by atoms with Gasteiger partial charge in [0, 0.05) is 10.6 Å². The summed E-state index contributed by atoms with van der Waals surface area (Å²) in [6.07, 6.45) is -4.45. The number of aromatic nitrogens is 3. The number of hydrogen-bond donors (Lipinski definition) is 1. The Labute approximate surface area is 174 Å². The van der Waals surface area contributed by atoms with E-state index >= 15 is 0 Å². The van der Waals surface area contributed by atoms with Crippen LogP contribution in [0.3, 0.4) is 0 Å². The van der Waals surface area contributed by atoms with E-state index < -0.39 is 18.6 Å². The van der Waals surface area contributed by atoms with Gasteiger partial charge in [0.05, 0.1) is 12.3 Å². The molecular formula is C19H16ClF3N4OS. The quantitative estimate of drug-likeness (QED) is 0.552. The van der Waals surface area contributed by atoms with E-state index in [1.165, 1.54) is 0 Å². The van der Waals surface area contributed by atoms with Crippen LogP contribution in [-0.2, 0) is 11.3 Å². The van der Waals surface area contributed by atoms with E-state index in [1.54, 1.807) is 24.3 Å². The molecule has 1 amide bonds. The minimum atomic E-state index is -4.45. The lowest BCUT2D eigenvalue weighted by Gasteiger charge is -2.11. The predicted octanol–water partition coefficient (Wildman–Crippen LogP) is 4.42. The van der Waals surface area contributed by atoms with E-state index in [9.17, 15) is 18.0 Å². The maximum Gasteiger partial charge on any atom is 0.405 e. The van der Waals surface area contributed by atoms with Gasteiger partial charge in [-0.15, -0.1) is 10.2 Å². The molecule has 0 spiro atoms. The number of rotatable bonds is 7. The summed E-state index contributed by atoms with van der Waals surface area (Å²) in [7, 11) is 0. The Bertz CT molecular complexity index is 962. The summed E-state index contributed by atoms with van der Waals surface area (Å²) in [5.74, 6) is -0.359. The number of benzene rings is 2. The number of nitrogens with zero attached hydrogens (tertiary/aromatic N) is 3. The van der Waals surface area contributed by atoms with Gasteiger partial charge in [-0.1, -0.05) is 53.7 Å². The zero-order chi connectivity index (χ0) is 20.9.